The normalized spacial score (nSPS) is 14.8. The van der Waals surface area contributed by atoms with E-state index in [0.717, 1.165) is 16.4 Å². The third-order valence-corrected chi connectivity index (χ3v) is 2.53. The standard InChI is InChI=1S/C8H8N2OS/c1-5-3-7(11)10-6(5)4-9-8(10)12-2/h3-4H,1-2H3. The van der Waals surface area contributed by atoms with Crippen LogP contribution in [0.3, 0.4) is 0 Å². The van der Waals surface area contributed by atoms with Crippen molar-refractivity contribution < 1.29 is 4.79 Å². The molecule has 1 aromatic rings. The molecule has 12 heavy (non-hydrogen) atoms. The zero-order chi connectivity index (χ0) is 8.72. The van der Waals surface area contributed by atoms with Crippen LogP contribution >= 0.6 is 11.8 Å². The van der Waals surface area contributed by atoms with Gasteiger partial charge in [0.15, 0.2) is 5.16 Å². The van der Waals surface area contributed by atoms with Crippen LogP contribution < -0.4 is 0 Å². The number of fused-ring (bicyclic) bond motifs is 1. The second-order valence-corrected chi connectivity index (χ2v) is 3.40. The summed E-state index contributed by atoms with van der Waals surface area (Å²) >= 11 is 1.48. The van der Waals surface area contributed by atoms with Crippen LogP contribution in [-0.4, -0.2) is 21.7 Å². The SMILES string of the molecule is CSc1ncc2n1C(=O)C=C2C. The Morgan fingerprint density at radius 3 is 3.00 bits per heavy atom. The van der Waals surface area contributed by atoms with Crippen LogP contribution in [-0.2, 0) is 0 Å². The van der Waals surface area contributed by atoms with E-state index in [1.165, 1.54) is 11.8 Å². The molecule has 0 aromatic carbocycles. The lowest BCUT2D eigenvalue weighted by Crippen LogP contribution is -2.05. The highest BCUT2D eigenvalue weighted by molar-refractivity contribution is 7.98. The lowest BCUT2D eigenvalue weighted by atomic mass is 10.2. The van der Waals surface area contributed by atoms with Gasteiger partial charge in [-0.2, -0.15) is 0 Å². The summed E-state index contributed by atoms with van der Waals surface area (Å²) in [4.78, 5) is 15.5. The Balaban J connectivity index is 2.63. The van der Waals surface area contributed by atoms with Gasteiger partial charge in [-0.1, -0.05) is 11.8 Å². The maximum atomic E-state index is 11.4. The molecule has 2 rings (SSSR count). The molecule has 0 saturated heterocycles. The van der Waals surface area contributed by atoms with E-state index >= 15 is 0 Å². The zero-order valence-electron chi connectivity index (χ0n) is 6.87. The summed E-state index contributed by atoms with van der Waals surface area (Å²) in [5, 5.41) is 0.767. The molecule has 3 nitrogen and oxygen atoms in total. The van der Waals surface area contributed by atoms with Crippen molar-refractivity contribution in [1.82, 2.24) is 9.55 Å². The zero-order valence-corrected chi connectivity index (χ0v) is 7.68. The van der Waals surface area contributed by atoms with Gasteiger partial charge in [-0.3, -0.25) is 9.36 Å². The van der Waals surface area contributed by atoms with E-state index < -0.39 is 0 Å². The summed E-state index contributed by atoms with van der Waals surface area (Å²) < 4.78 is 1.64. The molecule has 0 atom stereocenters. The first kappa shape index (κ1) is 7.61. The van der Waals surface area contributed by atoms with E-state index in [0.29, 0.717) is 0 Å². The maximum absolute atomic E-state index is 11.4. The molecule has 0 N–H and O–H groups in total. The van der Waals surface area contributed by atoms with Crippen LogP contribution in [0.1, 0.15) is 17.4 Å². The molecular weight excluding hydrogens is 172 g/mol. The predicted molar refractivity (Wildman–Crippen MR) is 48.3 cm³/mol. The first-order valence-corrected chi connectivity index (χ1v) is 4.81. The highest BCUT2D eigenvalue weighted by Crippen LogP contribution is 2.26. The Bertz CT molecular complexity index is 378. The van der Waals surface area contributed by atoms with Gasteiger partial charge in [-0.15, -0.1) is 0 Å². The number of aromatic nitrogens is 2. The molecule has 0 fully saturated rings. The van der Waals surface area contributed by atoms with Crippen molar-refractivity contribution in [3.05, 3.63) is 18.0 Å². The molecule has 62 valence electrons. The summed E-state index contributed by atoms with van der Waals surface area (Å²) in [6.45, 7) is 1.92. The van der Waals surface area contributed by atoms with E-state index in [-0.39, 0.29) is 5.91 Å². The number of hydrogen-bond acceptors (Lipinski definition) is 3. The molecule has 4 heteroatoms. The number of allylic oxidation sites excluding steroid dienone is 2. The van der Waals surface area contributed by atoms with Crippen molar-refractivity contribution in [3.8, 4) is 0 Å². The van der Waals surface area contributed by atoms with Gasteiger partial charge in [0, 0.05) is 6.08 Å². The molecule has 1 aliphatic heterocycles. The van der Waals surface area contributed by atoms with Crippen molar-refractivity contribution in [2.45, 2.75) is 12.1 Å². The minimum absolute atomic E-state index is 0.0179. The third kappa shape index (κ3) is 0.845. The van der Waals surface area contributed by atoms with Crippen LogP contribution in [0.25, 0.3) is 5.57 Å². The number of nitrogens with zero attached hydrogens (tertiary/aromatic N) is 2. The maximum Gasteiger partial charge on any atom is 0.257 e. The molecule has 1 aromatic heterocycles. The van der Waals surface area contributed by atoms with Gasteiger partial charge >= 0.3 is 0 Å². The van der Waals surface area contributed by atoms with E-state index in [1.54, 1.807) is 16.8 Å². The minimum atomic E-state index is 0.0179. The van der Waals surface area contributed by atoms with E-state index in [9.17, 15) is 4.79 Å². The lowest BCUT2D eigenvalue weighted by Gasteiger charge is -1.97. The summed E-state index contributed by atoms with van der Waals surface area (Å²) in [6.07, 6.45) is 5.29. The third-order valence-electron chi connectivity index (χ3n) is 1.88. The molecule has 2 heterocycles. The second kappa shape index (κ2) is 2.48. The van der Waals surface area contributed by atoms with Gasteiger partial charge < -0.3 is 0 Å². The Kier molecular flexibility index (Phi) is 1.58. The van der Waals surface area contributed by atoms with Crippen LogP contribution in [0, 0.1) is 0 Å². The minimum Gasteiger partial charge on any atom is -0.269 e. The largest absolute Gasteiger partial charge is 0.269 e. The van der Waals surface area contributed by atoms with E-state index in [2.05, 4.69) is 4.98 Å². The van der Waals surface area contributed by atoms with E-state index in [1.807, 2.05) is 13.2 Å². The molecule has 0 saturated carbocycles. The number of thioether (sulfide) groups is 1. The van der Waals surface area contributed by atoms with Crippen molar-refractivity contribution in [2.75, 3.05) is 6.26 Å². The monoisotopic (exact) mass is 180 g/mol. The van der Waals surface area contributed by atoms with Crippen LogP contribution in [0.15, 0.2) is 17.4 Å². The molecule has 0 spiro atoms. The fourth-order valence-corrected chi connectivity index (χ4v) is 1.82. The van der Waals surface area contributed by atoms with Gasteiger partial charge in [0.2, 0.25) is 0 Å². The van der Waals surface area contributed by atoms with Gasteiger partial charge in [0.05, 0.1) is 11.9 Å². The van der Waals surface area contributed by atoms with Gasteiger partial charge in [-0.05, 0) is 18.8 Å². The fraction of sp³-hybridized carbons (Fsp3) is 0.250. The van der Waals surface area contributed by atoms with E-state index in [4.69, 9.17) is 0 Å². The second-order valence-electron chi connectivity index (χ2n) is 2.63. The number of rotatable bonds is 1. The van der Waals surface area contributed by atoms with Crippen molar-refractivity contribution in [2.24, 2.45) is 0 Å². The Labute approximate surface area is 74.5 Å². The predicted octanol–water partition coefficient (Wildman–Crippen LogP) is 1.66. The van der Waals surface area contributed by atoms with Crippen molar-refractivity contribution in [3.63, 3.8) is 0 Å². The smallest absolute Gasteiger partial charge is 0.257 e. The topological polar surface area (TPSA) is 34.9 Å². The number of imidazole rings is 1. The highest BCUT2D eigenvalue weighted by atomic mass is 32.2. The van der Waals surface area contributed by atoms with Crippen LogP contribution in [0.2, 0.25) is 0 Å². The molecule has 0 bridgehead atoms. The number of carbonyl (C=O) groups excluding carboxylic acids is 1. The average molecular weight is 180 g/mol. The number of carbonyl (C=O) groups is 1. The van der Waals surface area contributed by atoms with Gasteiger partial charge in [-0.25, -0.2) is 4.98 Å². The summed E-state index contributed by atoms with van der Waals surface area (Å²) in [5.41, 5.74) is 1.91. The van der Waals surface area contributed by atoms with Crippen LogP contribution in [0.4, 0.5) is 0 Å². The molecular formula is C8H8N2OS. The fourth-order valence-electron chi connectivity index (χ4n) is 1.29. The average Bonchev–Trinajstić information content (AvgIpc) is 2.55. The Morgan fingerprint density at radius 2 is 2.33 bits per heavy atom. The van der Waals surface area contributed by atoms with Gasteiger partial charge in [0.1, 0.15) is 0 Å². The summed E-state index contributed by atoms with van der Waals surface area (Å²) in [6, 6.07) is 0. The lowest BCUT2D eigenvalue weighted by molar-refractivity contribution is 0.0964. The van der Waals surface area contributed by atoms with Crippen molar-refractivity contribution >= 4 is 23.2 Å². The molecule has 1 aliphatic rings. The highest BCUT2D eigenvalue weighted by Gasteiger charge is 2.21. The summed E-state index contributed by atoms with van der Waals surface area (Å²) in [5.74, 6) is 0.0179. The molecule has 0 unspecified atom stereocenters. The Morgan fingerprint density at radius 1 is 1.58 bits per heavy atom. The Hall–Kier alpha value is -1.03. The first-order chi connectivity index (χ1) is 5.74. The molecule has 0 radical (unpaired) electrons. The quantitative estimate of drug-likeness (QED) is 0.616. The molecule has 0 aliphatic carbocycles. The first-order valence-electron chi connectivity index (χ1n) is 3.59. The van der Waals surface area contributed by atoms with Gasteiger partial charge in [0.25, 0.3) is 5.91 Å². The van der Waals surface area contributed by atoms with Crippen LogP contribution in [0.5, 0.6) is 0 Å². The van der Waals surface area contributed by atoms with Crippen molar-refractivity contribution in [1.29, 1.82) is 0 Å². The number of hydrogen-bond donors (Lipinski definition) is 0. The molecule has 0 amide bonds. The summed E-state index contributed by atoms with van der Waals surface area (Å²) in [7, 11) is 0.